The van der Waals surface area contributed by atoms with Crippen LogP contribution in [-0.4, -0.2) is 44.8 Å². The van der Waals surface area contributed by atoms with Gasteiger partial charge in [0.2, 0.25) is 0 Å². The Balaban J connectivity index is 0.00000169. The average molecular weight is 194 g/mol. The molecule has 80 valence electrons. The van der Waals surface area contributed by atoms with E-state index in [0.29, 0.717) is 6.10 Å². The molecule has 2 nitrogen and oxygen atoms in total. The zero-order chi connectivity index (χ0) is 9.36. The minimum absolute atomic E-state index is 0. The van der Waals surface area contributed by atoms with Gasteiger partial charge in [-0.05, 0) is 19.3 Å². The molecule has 3 heteroatoms. The SMILES string of the molecule is CCCCCCOC1CCCOC1.[LiH]. The second-order valence-electron chi connectivity index (χ2n) is 3.77. The van der Waals surface area contributed by atoms with E-state index in [-0.39, 0.29) is 18.9 Å². The van der Waals surface area contributed by atoms with Crippen molar-refractivity contribution in [3.63, 3.8) is 0 Å². The molecule has 0 N–H and O–H groups in total. The van der Waals surface area contributed by atoms with Gasteiger partial charge in [-0.2, -0.15) is 0 Å². The van der Waals surface area contributed by atoms with E-state index in [2.05, 4.69) is 6.92 Å². The molecular weight excluding hydrogens is 171 g/mol. The third-order valence-corrected chi connectivity index (χ3v) is 2.47. The van der Waals surface area contributed by atoms with Crippen LogP contribution in [0.1, 0.15) is 45.4 Å². The van der Waals surface area contributed by atoms with Crippen LogP contribution in [0.15, 0.2) is 0 Å². The van der Waals surface area contributed by atoms with Crippen LogP contribution in [0.25, 0.3) is 0 Å². The van der Waals surface area contributed by atoms with Gasteiger partial charge in [0.25, 0.3) is 0 Å². The van der Waals surface area contributed by atoms with E-state index < -0.39 is 0 Å². The first-order valence-electron chi connectivity index (χ1n) is 5.63. The van der Waals surface area contributed by atoms with Gasteiger partial charge in [-0.15, -0.1) is 0 Å². The van der Waals surface area contributed by atoms with E-state index in [4.69, 9.17) is 9.47 Å². The van der Waals surface area contributed by atoms with Gasteiger partial charge in [0.1, 0.15) is 0 Å². The Hall–Kier alpha value is 0.517. The van der Waals surface area contributed by atoms with Gasteiger partial charge < -0.3 is 9.47 Å². The number of rotatable bonds is 6. The first-order chi connectivity index (χ1) is 6.43. The second-order valence-corrected chi connectivity index (χ2v) is 3.77. The number of hydrogen-bond donors (Lipinski definition) is 0. The molecule has 0 aromatic carbocycles. The molecule has 1 unspecified atom stereocenters. The molecule has 1 heterocycles. The zero-order valence-corrected chi connectivity index (χ0v) is 8.76. The summed E-state index contributed by atoms with van der Waals surface area (Å²) in [5, 5.41) is 0. The van der Waals surface area contributed by atoms with E-state index >= 15 is 0 Å². The topological polar surface area (TPSA) is 18.5 Å². The van der Waals surface area contributed by atoms with Crippen molar-refractivity contribution in [1.29, 1.82) is 0 Å². The third-order valence-electron chi connectivity index (χ3n) is 2.47. The van der Waals surface area contributed by atoms with E-state index in [1.54, 1.807) is 0 Å². The Kier molecular flexibility index (Phi) is 10.4. The van der Waals surface area contributed by atoms with Crippen LogP contribution < -0.4 is 0 Å². The van der Waals surface area contributed by atoms with Gasteiger partial charge in [-0.25, -0.2) is 0 Å². The van der Waals surface area contributed by atoms with Gasteiger partial charge >= 0.3 is 18.9 Å². The molecule has 1 aliphatic rings. The molecule has 1 saturated heterocycles. The zero-order valence-electron chi connectivity index (χ0n) is 8.76. The van der Waals surface area contributed by atoms with Crippen molar-refractivity contribution >= 4 is 18.9 Å². The number of ether oxygens (including phenoxy) is 2. The van der Waals surface area contributed by atoms with Gasteiger partial charge in [0.05, 0.1) is 12.7 Å². The molecular formula is C11H23LiO2. The molecule has 0 aromatic heterocycles. The molecule has 0 saturated carbocycles. The van der Waals surface area contributed by atoms with Gasteiger partial charge in [0.15, 0.2) is 0 Å². The summed E-state index contributed by atoms with van der Waals surface area (Å²) in [5.74, 6) is 0. The van der Waals surface area contributed by atoms with Gasteiger partial charge in [-0.1, -0.05) is 26.2 Å². The Morgan fingerprint density at radius 1 is 1.29 bits per heavy atom. The van der Waals surface area contributed by atoms with E-state index in [9.17, 15) is 0 Å². The molecule has 1 rings (SSSR count). The standard InChI is InChI=1S/C11H22O2.Li.H/c1-2-3-4-5-9-13-11-7-6-8-12-10-11;;/h11H,2-10H2,1H3;;. The summed E-state index contributed by atoms with van der Waals surface area (Å²) in [6, 6.07) is 0. The molecule has 14 heavy (non-hydrogen) atoms. The van der Waals surface area contributed by atoms with Crippen molar-refractivity contribution in [3.05, 3.63) is 0 Å². The van der Waals surface area contributed by atoms with E-state index in [0.717, 1.165) is 19.8 Å². The summed E-state index contributed by atoms with van der Waals surface area (Å²) < 4.78 is 11.0. The summed E-state index contributed by atoms with van der Waals surface area (Å²) in [7, 11) is 0. The van der Waals surface area contributed by atoms with Crippen LogP contribution in [-0.2, 0) is 9.47 Å². The molecule has 0 aromatic rings. The fraction of sp³-hybridized carbons (Fsp3) is 1.00. The van der Waals surface area contributed by atoms with Crippen molar-refractivity contribution in [2.75, 3.05) is 19.8 Å². The summed E-state index contributed by atoms with van der Waals surface area (Å²) in [6.45, 7) is 4.90. The molecule has 0 aliphatic carbocycles. The maximum atomic E-state index is 5.70. The van der Waals surface area contributed by atoms with Crippen LogP contribution in [0.5, 0.6) is 0 Å². The molecule has 1 fully saturated rings. The minimum atomic E-state index is 0. The maximum absolute atomic E-state index is 5.70. The van der Waals surface area contributed by atoms with Crippen LogP contribution in [0.3, 0.4) is 0 Å². The number of hydrogen-bond acceptors (Lipinski definition) is 2. The van der Waals surface area contributed by atoms with Crippen molar-refractivity contribution in [2.45, 2.75) is 51.6 Å². The fourth-order valence-corrected chi connectivity index (χ4v) is 1.62. The Morgan fingerprint density at radius 3 is 2.79 bits per heavy atom. The third kappa shape index (κ3) is 6.90. The van der Waals surface area contributed by atoms with Crippen LogP contribution >= 0.6 is 0 Å². The summed E-state index contributed by atoms with van der Waals surface area (Å²) in [5.41, 5.74) is 0. The second kappa shape index (κ2) is 10.0. The monoisotopic (exact) mass is 194 g/mol. The van der Waals surface area contributed by atoms with E-state index in [1.807, 2.05) is 0 Å². The predicted molar refractivity (Wildman–Crippen MR) is 61.1 cm³/mol. The van der Waals surface area contributed by atoms with Crippen LogP contribution in [0.4, 0.5) is 0 Å². The fourth-order valence-electron chi connectivity index (χ4n) is 1.62. The van der Waals surface area contributed by atoms with Gasteiger partial charge in [0, 0.05) is 13.2 Å². The van der Waals surface area contributed by atoms with Crippen molar-refractivity contribution < 1.29 is 9.47 Å². The first-order valence-corrected chi connectivity index (χ1v) is 5.63. The Bertz CT molecular complexity index is 114. The predicted octanol–water partition coefficient (Wildman–Crippen LogP) is 2.11. The number of unbranched alkanes of at least 4 members (excludes halogenated alkanes) is 3. The van der Waals surface area contributed by atoms with Gasteiger partial charge in [-0.3, -0.25) is 0 Å². The van der Waals surface area contributed by atoms with Crippen molar-refractivity contribution in [2.24, 2.45) is 0 Å². The van der Waals surface area contributed by atoms with Crippen molar-refractivity contribution in [3.8, 4) is 0 Å². The van der Waals surface area contributed by atoms with Crippen LogP contribution in [0.2, 0.25) is 0 Å². The molecule has 0 amide bonds. The molecule has 1 aliphatic heterocycles. The normalized spacial score (nSPS) is 21.6. The Morgan fingerprint density at radius 2 is 2.14 bits per heavy atom. The molecule has 1 atom stereocenters. The van der Waals surface area contributed by atoms with E-state index in [1.165, 1.54) is 38.5 Å². The first kappa shape index (κ1) is 14.5. The molecule has 0 spiro atoms. The molecule has 0 bridgehead atoms. The Labute approximate surface area is 99.9 Å². The summed E-state index contributed by atoms with van der Waals surface area (Å²) in [6.07, 6.45) is 7.90. The van der Waals surface area contributed by atoms with Crippen LogP contribution in [0, 0.1) is 0 Å². The average Bonchev–Trinajstić information content (AvgIpc) is 2.19. The quantitative estimate of drug-likeness (QED) is 0.476. The summed E-state index contributed by atoms with van der Waals surface area (Å²) in [4.78, 5) is 0. The summed E-state index contributed by atoms with van der Waals surface area (Å²) >= 11 is 0. The van der Waals surface area contributed by atoms with Crippen molar-refractivity contribution in [1.82, 2.24) is 0 Å². The molecule has 0 radical (unpaired) electrons.